The Kier molecular flexibility index (Phi) is 4.04. The van der Waals surface area contributed by atoms with Crippen molar-refractivity contribution in [3.63, 3.8) is 0 Å². The molecule has 0 atom stereocenters. The number of thiocarbonyl (C=S) groups is 1. The number of rotatable bonds is 3. The molecule has 1 aliphatic heterocycles. The minimum atomic E-state index is -1.20. The minimum absolute atomic E-state index is 0.328. The molecule has 104 valence electrons. The number of para-hydroxylation sites is 1. The van der Waals surface area contributed by atoms with E-state index in [9.17, 15) is 5.02 Å². The largest absolute Gasteiger partial charge is 0.598 e. The number of hydrogen-bond acceptors (Lipinski definition) is 4. The fourth-order valence-electron chi connectivity index (χ4n) is 2.06. The molecule has 5 heteroatoms. The maximum Gasteiger partial charge on any atom is 0.598 e. The van der Waals surface area contributed by atoms with Gasteiger partial charge in [0.2, 0.25) is 0 Å². The average Bonchev–Trinajstić information content (AvgIpc) is 2.72. The van der Waals surface area contributed by atoms with Gasteiger partial charge in [-0.2, -0.15) is 0 Å². The maximum absolute atomic E-state index is 10.2. The monoisotopic (exact) mass is 296 g/mol. The predicted octanol–water partition coefficient (Wildman–Crippen LogP) is 3.23. The van der Waals surface area contributed by atoms with E-state index in [0.29, 0.717) is 28.5 Å². The molecule has 0 unspecified atom stereocenters. The smallest absolute Gasteiger partial charge is 0.530 e. The summed E-state index contributed by atoms with van der Waals surface area (Å²) in [7, 11) is -1.20. The van der Waals surface area contributed by atoms with Crippen molar-refractivity contribution in [1.82, 2.24) is 0 Å². The molecule has 2 aliphatic rings. The van der Waals surface area contributed by atoms with Crippen LogP contribution >= 0.6 is 12.2 Å². The summed E-state index contributed by atoms with van der Waals surface area (Å²) in [6, 6.07) is 7.60. The number of fused-ring (bicyclic) bond motifs is 1. The van der Waals surface area contributed by atoms with Crippen molar-refractivity contribution in [1.29, 1.82) is 0 Å². The van der Waals surface area contributed by atoms with Gasteiger partial charge in [0.05, 0.1) is 4.86 Å². The highest BCUT2D eigenvalue weighted by Gasteiger charge is 2.27. The van der Waals surface area contributed by atoms with E-state index in [1.165, 1.54) is 0 Å². The Bertz CT molecular complexity index is 689. The topological polar surface area (TPSA) is 38.7 Å². The van der Waals surface area contributed by atoms with Gasteiger partial charge in [0.25, 0.3) is 0 Å². The number of hydrogen-bond donors (Lipinski definition) is 1. The first-order valence-corrected chi connectivity index (χ1v) is 7.05. The molecule has 0 radical (unpaired) electrons. The van der Waals surface area contributed by atoms with Gasteiger partial charge in [0, 0.05) is 12.0 Å². The van der Waals surface area contributed by atoms with Gasteiger partial charge in [0.15, 0.2) is 0 Å². The Morgan fingerprint density at radius 2 is 2.05 bits per heavy atom. The van der Waals surface area contributed by atoms with Crippen LogP contribution in [-0.4, -0.2) is 17.0 Å². The van der Waals surface area contributed by atoms with Crippen LogP contribution in [0.2, 0.25) is 0 Å². The van der Waals surface area contributed by atoms with Gasteiger partial charge >= 0.3 is 7.12 Å². The number of benzene rings is 1. The maximum atomic E-state index is 10.2. The Labute approximate surface area is 129 Å². The molecular formula is C16H13BO3S. The lowest BCUT2D eigenvalue weighted by atomic mass is 9.86. The van der Waals surface area contributed by atoms with Crippen molar-refractivity contribution in [3.8, 4) is 5.75 Å². The molecule has 1 aliphatic carbocycles. The number of ether oxygens (including phenoxy) is 1. The van der Waals surface area contributed by atoms with Gasteiger partial charge in [-0.3, -0.25) is 0 Å². The number of allylic oxidation sites excluding steroid dienone is 6. The zero-order valence-electron chi connectivity index (χ0n) is 11.2. The molecule has 0 saturated carbocycles. The molecule has 21 heavy (non-hydrogen) atoms. The molecule has 3 nitrogen and oxygen atoms in total. The summed E-state index contributed by atoms with van der Waals surface area (Å²) < 4.78 is 11.2. The fourth-order valence-corrected chi connectivity index (χ4v) is 2.27. The van der Waals surface area contributed by atoms with Crippen LogP contribution in [0.5, 0.6) is 5.75 Å². The van der Waals surface area contributed by atoms with Gasteiger partial charge in [-0.05, 0) is 18.2 Å². The Balaban J connectivity index is 1.77. The normalized spacial score (nSPS) is 16.3. The predicted molar refractivity (Wildman–Crippen MR) is 87.7 cm³/mol. The highest BCUT2D eigenvalue weighted by Crippen LogP contribution is 2.25. The SMILES string of the molecule is OB(OC1=CC=CCC1=S)C1=CC=Cc2ccccc2O1. The van der Waals surface area contributed by atoms with E-state index in [4.69, 9.17) is 21.6 Å². The second-order valence-electron chi connectivity index (χ2n) is 4.62. The highest BCUT2D eigenvalue weighted by molar-refractivity contribution is 7.80. The molecule has 1 aromatic rings. The summed E-state index contributed by atoms with van der Waals surface area (Å²) >= 11 is 5.21. The lowest BCUT2D eigenvalue weighted by Crippen LogP contribution is -2.26. The first-order chi connectivity index (χ1) is 10.2. The van der Waals surface area contributed by atoms with Crippen molar-refractivity contribution in [2.45, 2.75) is 6.42 Å². The van der Waals surface area contributed by atoms with E-state index in [1.807, 2.05) is 48.6 Å². The summed E-state index contributed by atoms with van der Waals surface area (Å²) in [6.07, 6.45) is 11.6. The first-order valence-electron chi connectivity index (χ1n) is 6.64. The minimum Gasteiger partial charge on any atom is -0.530 e. The van der Waals surface area contributed by atoms with E-state index in [1.54, 1.807) is 12.2 Å². The molecule has 3 rings (SSSR count). The second kappa shape index (κ2) is 6.12. The summed E-state index contributed by atoms with van der Waals surface area (Å²) in [5.41, 5.74) is 1.28. The molecule has 1 aromatic carbocycles. The quantitative estimate of drug-likeness (QED) is 0.686. The summed E-state index contributed by atoms with van der Waals surface area (Å²) in [5.74, 6) is 1.19. The van der Waals surface area contributed by atoms with E-state index >= 15 is 0 Å². The van der Waals surface area contributed by atoms with Crippen LogP contribution in [0.25, 0.3) is 6.08 Å². The van der Waals surface area contributed by atoms with Gasteiger partial charge in [-0.25, -0.2) is 0 Å². The van der Waals surface area contributed by atoms with Gasteiger partial charge in [-0.1, -0.05) is 54.7 Å². The Morgan fingerprint density at radius 1 is 1.19 bits per heavy atom. The van der Waals surface area contributed by atoms with Gasteiger partial charge in [-0.15, -0.1) is 0 Å². The average molecular weight is 296 g/mol. The van der Waals surface area contributed by atoms with E-state index in [0.717, 1.165) is 5.56 Å². The molecule has 0 fully saturated rings. The molecular weight excluding hydrogens is 283 g/mol. The molecule has 0 aromatic heterocycles. The van der Waals surface area contributed by atoms with E-state index in [2.05, 4.69) is 0 Å². The molecule has 1 heterocycles. The summed E-state index contributed by atoms with van der Waals surface area (Å²) in [6.45, 7) is 0. The van der Waals surface area contributed by atoms with E-state index < -0.39 is 7.12 Å². The van der Waals surface area contributed by atoms with Crippen molar-refractivity contribution >= 4 is 30.3 Å². The molecule has 0 bridgehead atoms. The van der Waals surface area contributed by atoms with Crippen molar-refractivity contribution in [3.05, 3.63) is 71.6 Å². The first kappa shape index (κ1) is 13.9. The van der Waals surface area contributed by atoms with Crippen molar-refractivity contribution in [2.24, 2.45) is 0 Å². The van der Waals surface area contributed by atoms with Gasteiger partial charge < -0.3 is 14.4 Å². The molecule has 1 N–H and O–H groups in total. The third-order valence-corrected chi connectivity index (χ3v) is 3.49. The van der Waals surface area contributed by atoms with Crippen LogP contribution in [0.3, 0.4) is 0 Å². The fraction of sp³-hybridized carbons (Fsp3) is 0.0625. The lowest BCUT2D eigenvalue weighted by molar-refractivity contribution is 0.327. The van der Waals surface area contributed by atoms with Crippen LogP contribution in [0.4, 0.5) is 0 Å². The lowest BCUT2D eigenvalue weighted by Gasteiger charge is -2.17. The summed E-state index contributed by atoms with van der Waals surface area (Å²) in [4.78, 5) is 0.668. The van der Waals surface area contributed by atoms with E-state index in [-0.39, 0.29) is 0 Å². The third-order valence-electron chi connectivity index (χ3n) is 3.13. The van der Waals surface area contributed by atoms with Crippen LogP contribution in [0, 0.1) is 0 Å². The zero-order chi connectivity index (χ0) is 14.7. The second-order valence-corrected chi connectivity index (χ2v) is 5.12. The third kappa shape index (κ3) is 3.15. The zero-order valence-corrected chi connectivity index (χ0v) is 12.0. The van der Waals surface area contributed by atoms with Crippen molar-refractivity contribution in [2.75, 3.05) is 0 Å². The van der Waals surface area contributed by atoms with Crippen molar-refractivity contribution < 1.29 is 14.4 Å². The molecule has 0 spiro atoms. The Hall–Kier alpha value is -2.11. The molecule has 0 amide bonds. The molecule has 0 saturated heterocycles. The summed E-state index contributed by atoms with van der Waals surface area (Å²) in [5, 5.41) is 10.2. The van der Waals surface area contributed by atoms with Gasteiger partial charge in [0.1, 0.15) is 17.2 Å². The van der Waals surface area contributed by atoms with Crippen LogP contribution in [-0.2, 0) is 4.65 Å². The van der Waals surface area contributed by atoms with Crippen LogP contribution < -0.4 is 4.74 Å². The Morgan fingerprint density at radius 3 is 2.90 bits per heavy atom. The van der Waals surface area contributed by atoms with Crippen LogP contribution in [0.15, 0.2) is 66.1 Å². The van der Waals surface area contributed by atoms with Crippen LogP contribution in [0.1, 0.15) is 12.0 Å². The highest BCUT2D eigenvalue weighted by atomic mass is 32.1. The standard InChI is InChI=1S/C16H13BO3S/c18-17(20-14-9-3-4-10-15(14)21)16-11-5-7-12-6-1-2-8-13(12)19-16/h1-9,11,18H,10H2.